The van der Waals surface area contributed by atoms with E-state index >= 15 is 0 Å². The summed E-state index contributed by atoms with van der Waals surface area (Å²) in [6.45, 7) is 0.584. The molecule has 0 amide bonds. The summed E-state index contributed by atoms with van der Waals surface area (Å²) in [6, 6.07) is 6.05. The SMILES string of the molecule is C1=Cc2cc3ncccc3n2CO1. The highest BCUT2D eigenvalue weighted by Gasteiger charge is 2.09. The van der Waals surface area contributed by atoms with Crippen LogP contribution in [0.1, 0.15) is 5.69 Å². The molecule has 3 heterocycles. The van der Waals surface area contributed by atoms with Gasteiger partial charge in [0, 0.05) is 11.9 Å². The van der Waals surface area contributed by atoms with Gasteiger partial charge in [0.1, 0.15) is 0 Å². The number of nitrogens with zero attached hydrogens (tertiary/aromatic N) is 2. The van der Waals surface area contributed by atoms with Crippen molar-refractivity contribution in [1.29, 1.82) is 0 Å². The van der Waals surface area contributed by atoms with E-state index in [1.807, 2.05) is 18.2 Å². The van der Waals surface area contributed by atoms with Crippen molar-refractivity contribution in [2.75, 3.05) is 0 Å². The predicted molar refractivity (Wildman–Crippen MR) is 49.9 cm³/mol. The van der Waals surface area contributed by atoms with Gasteiger partial charge in [-0.2, -0.15) is 0 Å². The molecule has 2 aromatic heterocycles. The van der Waals surface area contributed by atoms with Gasteiger partial charge in [0.15, 0.2) is 6.73 Å². The number of hydrogen-bond donors (Lipinski definition) is 0. The van der Waals surface area contributed by atoms with Gasteiger partial charge in [0.25, 0.3) is 0 Å². The Balaban J connectivity index is 2.41. The number of rotatable bonds is 0. The van der Waals surface area contributed by atoms with Crippen molar-refractivity contribution in [2.24, 2.45) is 0 Å². The van der Waals surface area contributed by atoms with Crippen molar-refractivity contribution >= 4 is 17.1 Å². The highest BCUT2D eigenvalue weighted by Crippen LogP contribution is 2.21. The van der Waals surface area contributed by atoms with Crippen LogP contribution in [0.5, 0.6) is 0 Å². The number of aromatic nitrogens is 2. The largest absolute Gasteiger partial charge is 0.480 e. The summed E-state index contributed by atoms with van der Waals surface area (Å²) in [5.74, 6) is 0. The summed E-state index contributed by atoms with van der Waals surface area (Å²) in [5.41, 5.74) is 3.30. The normalized spacial score (nSPS) is 14.2. The topological polar surface area (TPSA) is 27.1 Å². The quantitative estimate of drug-likeness (QED) is 0.607. The lowest BCUT2D eigenvalue weighted by Crippen LogP contribution is -2.04. The molecule has 0 unspecified atom stereocenters. The fourth-order valence-corrected chi connectivity index (χ4v) is 1.62. The second kappa shape index (κ2) is 2.36. The summed E-state index contributed by atoms with van der Waals surface area (Å²) in [6.07, 6.45) is 5.47. The zero-order chi connectivity index (χ0) is 8.67. The molecule has 13 heavy (non-hydrogen) atoms. The number of fused-ring (bicyclic) bond motifs is 3. The molecule has 0 spiro atoms. The van der Waals surface area contributed by atoms with Crippen LogP contribution in [0, 0.1) is 0 Å². The predicted octanol–water partition coefficient (Wildman–Crippen LogP) is 1.99. The zero-order valence-corrected chi connectivity index (χ0v) is 6.97. The van der Waals surface area contributed by atoms with Crippen LogP contribution in [0.3, 0.4) is 0 Å². The Kier molecular flexibility index (Phi) is 1.22. The van der Waals surface area contributed by atoms with Gasteiger partial charge >= 0.3 is 0 Å². The van der Waals surface area contributed by atoms with E-state index in [-0.39, 0.29) is 0 Å². The molecule has 64 valence electrons. The minimum Gasteiger partial charge on any atom is -0.480 e. The first-order chi connectivity index (χ1) is 6.45. The van der Waals surface area contributed by atoms with E-state index in [4.69, 9.17) is 4.74 Å². The van der Waals surface area contributed by atoms with Crippen molar-refractivity contribution < 1.29 is 4.74 Å². The van der Waals surface area contributed by atoms with Gasteiger partial charge in [-0.15, -0.1) is 0 Å². The summed E-state index contributed by atoms with van der Waals surface area (Å²) in [4.78, 5) is 4.28. The second-order valence-corrected chi connectivity index (χ2v) is 3.00. The molecular formula is C10H8N2O. The molecule has 0 bridgehead atoms. The standard InChI is InChI=1S/C10H8N2O/c1-2-10-9(11-4-1)6-8-3-5-13-7-12(8)10/h1-6H,7H2. The Morgan fingerprint density at radius 1 is 1.46 bits per heavy atom. The molecule has 2 aromatic rings. The molecular weight excluding hydrogens is 164 g/mol. The van der Waals surface area contributed by atoms with E-state index in [0.717, 1.165) is 16.7 Å². The summed E-state index contributed by atoms with van der Waals surface area (Å²) >= 11 is 0. The van der Waals surface area contributed by atoms with Gasteiger partial charge in [0.05, 0.1) is 17.3 Å². The molecule has 3 rings (SSSR count). The molecule has 0 N–H and O–H groups in total. The lowest BCUT2D eigenvalue weighted by Gasteiger charge is -2.11. The van der Waals surface area contributed by atoms with Crippen LogP contribution in [0.25, 0.3) is 17.1 Å². The van der Waals surface area contributed by atoms with Crippen LogP contribution in [0.2, 0.25) is 0 Å². The highest BCUT2D eigenvalue weighted by molar-refractivity contribution is 5.79. The van der Waals surface area contributed by atoms with E-state index in [9.17, 15) is 0 Å². The van der Waals surface area contributed by atoms with Crippen LogP contribution in [-0.4, -0.2) is 9.55 Å². The van der Waals surface area contributed by atoms with E-state index in [0.29, 0.717) is 6.73 Å². The molecule has 0 radical (unpaired) electrons. The average molecular weight is 172 g/mol. The molecule has 1 aliphatic heterocycles. The second-order valence-electron chi connectivity index (χ2n) is 3.00. The van der Waals surface area contributed by atoms with Crippen molar-refractivity contribution in [1.82, 2.24) is 9.55 Å². The molecule has 3 nitrogen and oxygen atoms in total. The van der Waals surface area contributed by atoms with Gasteiger partial charge in [-0.1, -0.05) is 0 Å². The first-order valence-corrected chi connectivity index (χ1v) is 4.17. The highest BCUT2D eigenvalue weighted by atomic mass is 16.5. The maximum atomic E-state index is 5.22. The maximum Gasteiger partial charge on any atom is 0.164 e. The molecule has 0 atom stereocenters. The molecule has 0 aliphatic carbocycles. The molecule has 1 aliphatic rings. The van der Waals surface area contributed by atoms with Crippen LogP contribution >= 0.6 is 0 Å². The van der Waals surface area contributed by atoms with Gasteiger partial charge in [0.2, 0.25) is 0 Å². The Labute approximate surface area is 75.3 Å². The van der Waals surface area contributed by atoms with Crippen molar-refractivity contribution in [2.45, 2.75) is 6.73 Å². The van der Waals surface area contributed by atoms with Crippen LogP contribution in [0.4, 0.5) is 0 Å². The number of hydrogen-bond acceptors (Lipinski definition) is 2. The third kappa shape index (κ3) is 0.869. The van der Waals surface area contributed by atoms with Crippen LogP contribution in [-0.2, 0) is 11.5 Å². The molecule has 0 fully saturated rings. The molecule has 0 aromatic carbocycles. The molecule has 3 heteroatoms. The smallest absolute Gasteiger partial charge is 0.164 e. The Hall–Kier alpha value is -1.77. The van der Waals surface area contributed by atoms with Crippen LogP contribution in [0.15, 0.2) is 30.7 Å². The van der Waals surface area contributed by atoms with E-state index in [1.54, 1.807) is 12.5 Å². The fraction of sp³-hybridized carbons (Fsp3) is 0.100. The summed E-state index contributed by atoms with van der Waals surface area (Å²) in [7, 11) is 0. The third-order valence-electron chi connectivity index (χ3n) is 2.24. The number of ether oxygens (including phenoxy) is 1. The summed E-state index contributed by atoms with van der Waals surface area (Å²) in [5, 5.41) is 0. The van der Waals surface area contributed by atoms with E-state index in [1.165, 1.54) is 0 Å². The molecule has 0 saturated heterocycles. The Bertz CT molecular complexity index is 485. The average Bonchev–Trinajstić information content (AvgIpc) is 2.56. The Morgan fingerprint density at radius 2 is 2.46 bits per heavy atom. The monoisotopic (exact) mass is 172 g/mol. The van der Waals surface area contributed by atoms with Gasteiger partial charge in [-0.05, 0) is 24.3 Å². The minimum atomic E-state index is 0.584. The van der Waals surface area contributed by atoms with Crippen molar-refractivity contribution in [3.05, 3.63) is 36.4 Å². The summed E-state index contributed by atoms with van der Waals surface area (Å²) < 4.78 is 7.32. The van der Waals surface area contributed by atoms with Crippen molar-refractivity contribution in [3.8, 4) is 0 Å². The van der Waals surface area contributed by atoms with Gasteiger partial charge < -0.3 is 9.30 Å². The van der Waals surface area contributed by atoms with Gasteiger partial charge in [-0.3, -0.25) is 4.98 Å². The van der Waals surface area contributed by atoms with Crippen molar-refractivity contribution in [3.63, 3.8) is 0 Å². The lowest BCUT2D eigenvalue weighted by molar-refractivity contribution is 0.174. The van der Waals surface area contributed by atoms with Gasteiger partial charge in [-0.25, -0.2) is 0 Å². The van der Waals surface area contributed by atoms with Crippen LogP contribution < -0.4 is 0 Å². The van der Waals surface area contributed by atoms with E-state index in [2.05, 4.69) is 15.6 Å². The van der Waals surface area contributed by atoms with E-state index < -0.39 is 0 Å². The molecule has 0 saturated carbocycles. The third-order valence-corrected chi connectivity index (χ3v) is 2.24. The first-order valence-electron chi connectivity index (χ1n) is 4.17. The zero-order valence-electron chi connectivity index (χ0n) is 6.97. The maximum absolute atomic E-state index is 5.22. The fourth-order valence-electron chi connectivity index (χ4n) is 1.62. The number of pyridine rings is 1. The Morgan fingerprint density at radius 3 is 3.46 bits per heavy atom. The minimum absolute atomic E-state index is 0.584. The lowest BCUT2D eigenvalue weighted by atomic mass is 10.4. The first kappa shape index (κ1) is 6.71.